The number of nitrogens with zero attached hydrogens (tertiary/aromatic N) is 1. The molecule has 1 rings (SSSR count). The van der Waals surface area contributed by atoms with Gasteiger partial charge in [-0.15, -0.1) is 0 Å². The van der Waals surface area contributed by atoms with Crippen LogP contribution >= 0.6 is 24.0 Å². The van der Waals surface area contributed by atoms with Gasteiger partial charge in [0.25, 0.3) is 0 Å². The van der Waals surface area contributed by atoms with Crippen molar-refractivity contribution in [2.75, 3.05) is 25.9 Å². The molecule has 1 unspecified atom stereocenters. The summed E-state index contributed by atoms with van der Waals surface area (Å²) in [6.07, 6.45) is 3.66. The van der Waals surface area contributed by atoms with E-state index in [1.165, 1.54) is 0 Å². The molecule has 1 heterocycles. The van der Waals surface area contributed by atoms with E-state index in [4.69, 9.17) is 18.0 Å². The van der Waals surface area contributed by atoms with Crippen LogP contribution in [0.1, 0.15) is 26.7 Å². The molecular formula is C13H24N4O2S2. The minimum atomic E-state index is -0.451. The molecule has 4 N–H and O–H groups in total. The van der Waals surface area contributed by atoms with Gasteiger partial charge >= 0.3 is 6.03 Å². The highest BCUT2D eigenvalue weighted by atomic mass is 32.2. The molecule has 1 fully saturated rings. The average Bonchev–Trinajstić information content (AvgIpc) is 2.46. The number of piperidine rings is 1. The molecule has 0 aliphatic carbocycles. The number of rotatable bonds is 5. The number of hydrogen-bond acceptors (Lipinski definition) is 5. The Kier molecular flexibility index (Phi) is 6.89. The molecule has 8 heteroatoms. The molecule has 0 aromatic heterocycles. The molecule has 0 radical (unpaired) electrons. The third kappa shape index (κ3) is 4.55. The van der Waals surface area contributed by atoms with Crippen molar-refractivity contribution in [1.82, 2.24) is 15.5 Å². The maximum absolute atomic E-state index is 12.0. The van der Waals surface area contributed by atoms with Gasteiger partial charge in [-0.1, -0.05) is 12.2 Å². The van der Waals surface area contributed by atoms with Crippen molar-refractivity contribution in [3.8, 4) is 0 Å². The van der Waals surface area contributed by atoms with Crippen LogP contribution in [-0.2, 0) is 4.79 Å². The van der Waals surface area contributed by atoms with E-state index in [-0.39, 0.29) is 16.7 Å². The number of thioether (sulfide) groups is 1. The topological polar surface area (TPSA) is 87.5 Å². The molecule has 0 bridgehead atoms. The zero-order valence-electron chi connectivity index (χ0n) is 12.8. The fraction of sp³-hybridized carbons (Fsp3) is 0.769. The minimum absolute atomic E-state index is 0.165. The SMILES string of the molecule is CCNC(=O)NC(=O)C(C)N1CCC(SC)(C(N)=S)CC1. The van der Waals surface area contributed by atoms with E-state index in [0.29, 0.717) is 11.5 Å². The van der Waals surface area contributed by atoms with Crippen LogP contribution in [0.5, 0.6) is 0 Å². The molecule has 1 aliphatic heterocycles. The molecule has 0 spiro atoms. The van der Waals surface area contributed by atoms with Gasteiger partial charge in [0, 0.05) is 19.6 Å². The summed E-state index contributed by atoms with van der Waals surface area (Å²) < 4.78 is -0.165. The highest BCUT2D eigenvalue weighted by Gasteiger charge is 2.38. The molecule has 1 saturated heterocycles. The number of imide groups is 1. The molecule has 0 aromatic carbocycles. The van der Waals surface area contributed by atoms with E-state index >= 15 is 0 Å². The molecule has 1 atom stereocenters. The standard InChI is InChI=1S/C13H24N4O2S2/c1-4-15-12(19)16-10(18)9(2)17-7-5-13(21-3,6-8-17)11(14)20/h9H,4-8H2,1-3H3,(H2,14,20)(H2,15,16,18,19). The van der Waals surface area contributed by atoms with E-state index in [0.717, 1.165) is 25.9 Å². The lowest BCUT2D eigenvalue weighted by Crippen LogP contribution is -2.55. The van der Waals surface area contributed by atoms with Gasteiger partial charge in [0.2, 0.25) is 5.91 Å². The van der Waals surface area contributed by atoms with Gasteiger partial charge in [-0.3, -0.25) is 15.0 Å². The Hall–Kier alpha value is -0.860. The van der Waals surface area contributed by atoms with Crippen molar-refractivity contribution < 1.29 is 9.59 Å². The second-order valence-electron chi connectivity index (χ2n) is 5.12. The third-order valence-electron chi connectivity index (χ3n) is 3.95. The zero-order chi connectivity index (χ0) is 16.0. The number of urea groups is 1. The number of hydrogen-bond donors (Lipinski definition) is 3. The van der Waals surface area contributed by atoms with E-state index < -0.39 is 6.03 Å². The Morgan fingerprint density at radius 3 is 2.43 bits per heavy atom. The molecule has 120 valence electrons. The lowest BCUT2D eigenvalue weighted by atomic mass is 9.94. The summed E-state index contributed by atoms with van der Waals surface area (Å²) in [7, 11) is 0. The molecule has 6 nitrogen and oxygen atoms in total. The average molecular weight is 332 g/mol. The number of likely N-dealkylation sites (tertiary alicyclic amines) is 1. The molecule has 0 saturated carbocycles. The van der Waals surface area contributed by atoms with Crippen molar-refractivity contribution in [3.63, 3.8) is 0 Å². The van der Waals surface area contributed by atoms with Crippen molar-refractivity contribution >= 4 is 40.9 Å². The van der Waals surface area contributed by atoms with E-state index in [1.807, 2.05) is 6.26 Å². The first-order valence-electron chi connectivity index (χ1n) is 7.04. The highest BCUT2D eigenvalue weighted by Crippen LogP contribution is 2.35. The monoisotopic (exact) mass is 332 g/mol. The van der Waals surface area contributed by atoms with Crippen molar-refractivity contribution in [1.29, 1.82) is 0 Å². The predicted octanol–water partition coefficient (Wildman–Crippen LogP) is 0.704. The van der Waals surface area contributed by atoms with Gasteiger partial charge in [0.05, 0.1) is 15.8 Å². The number of amides is 3. The Morgan fingerprint density at radius 2 is 2.00 bits per heavy atom. The Labute approximate surface area is 135 Å². The van der Waals surface area contributed by atoms with Crippen molar-refractivity contribution in [2.45, 2.75) is 37.5 Å². The van der Waals surface area contributed by atoms with Crippen LogP contribution in [0.4, 0.5) is 4.79 Å². The first-order chi connectivity index (χ1) is 9.86. The summed E-state index contributed by atoms with van der Waals surface area (Å²) >= 11 is 6.86. The van der Waals surface area contributed by atoms with Crippen LogP contribution in [0.3, 0.4) is 0 Å². The fourth-order valence-corrected chi connectivity index (χ4v) is 3.66. The summed E-state index contributed by atoms with van der Waals surface area (Å²) in [6, 6.07) is -0.799. The molecule has 0 aromatic rings. The van der Waals surface area contributed by atoms with Crippen LogP contribution in [0.25, 0.3) is 0 Å². The fourth-order valence-electron chi connectivity index (χ4n) is 2.41. The van der Waals surface area contributed by atoms with Crippen LogP contribution < -0.4 is 16.4 Å². The summed E-state index contributed by atoms with van der Waals surface area (Å²) in [5.74, 6) is -0.284. The van der Waals surface area contributed by atoms with E-state index in [1.54, 1.807) is 25.6 Å². The number of carbonyl (C=O) groups excluding carboxylic acids is 2. The second-order valence-corrected chi connectivity index (χ2v) is 6.75. The van der Waals surface area contributed by atoms with E-state index in [2.05, 4.69) is 15.5 Å². The molecule has 3 amide bonds. The van der Waals surface area contributed by atoms with Gasteiger partial charge in [0.1, 0.15) is 0 Å². The second kappa shape index (κ2) is 7.95. The summed E-state index contributed by atoms with van der Waals surface area (Å²) in [4.78, 5) is 26.0. The van der Waals surface area contributed by atoms with Gasteiger partial charge in [-0.2, -0.15) is 11.8 Å². The van der Waals surface area contributed by atoms with Crippen molar-refractivity contribution in [3.05, 3.63) is 0 Å². The first-order valence-corrected chi connectivity index (χ1v) is 8.67. The van der Waals surface area contributed by atoms with Crippen LogP contribution in [0.2, 0.25) is 0 Å². The quantitative estimate of drug-likeness (QED) is 0.643. The number of nitrogens with one attached hydrogen (secondary N) is 2. The Morgan fingerprint density at radius 1 is 1.43 bits per heavy atom. The number of nitrogens with two attached hydrogens (primary N) is 1. The number of carbonyl (C=O) groups is 2. The van der Waals surface area contributed by atoms with Gasteiger partial charge in [-0.05, 0) is 32.9 Å². The highest BCUT2D eigenvalue weighted by molar-refractivity contribution is 8.02. The minimum Gasteiger partial charge on any atom is -0.392 e. The molecule has 21 heavy (non-hydrogen) atoms. The van der Waals surface area contributed by atoms with Gasteiger partial charge in [-0.25, -0.2) is 4.79 Å². The Balaban J connectivity index is 2.55. The zero-order valence-corrected chi connectivity index (χ0v) is 14.4. The third-order valence-corrected chi connectivity index (χ3v) is 5.88. The lowest BCUT2D eigenvalue weighted by Gasteiger charge is -2.41. The van der Waals surface area contributed by atoms with Crippen LogP contribution in [0, 0.1) is 0 Å². The van der Waals surface area contributed by atoms with Gasteiger partial charge in [0.15, 0.2) is 0 Å². The number of thiocarbonyl (C=S) groups is 1. The molecule has 1 aliphatic rings. The summed E-state index contributed by atoms with van der Waals surface area (Å²) in [5.41, 5.74) is 5.85. The van der Waals surface area contributed by atoms with Crippen molar-refractivity contribution in [2.24, 2.45) is 5.73 Å². The normalized spacial score (nSPS) is 19.6. The Bertz CT molecular complexity index is 409. The first kappa shape index (κ1) is 18.2. The maximum atomic E-state index is 12.0. The summed E-state index contributed by atoms with van der Waals surface area (Å²) in [5, 5.41) is 4.89. The van der Waals surface area contributed by atoms with Crippen LogP contribution in [0.15, 0.2) is 0 Å². The molecular weight excluding hydrogens is 308 g/mol. The van der Waals surface area contributed by atoms with Crippen LogP contribution in [-0.4, -0.2) is 58.5 Å². The predicted molar refractivity (Wildman–Crippen MR) is 90.5 cm³/mol. The summed E-state index contributed by atoms with van der Waals surface area (Å²) in [6.45, 7) is 5.57. The van der Waals surface area contributed by atoms with E-state index in [9.17, 15) is 9.59 Å². The van der Waals surface area contributed by atoms with Gasteiger partial charge < -0.3 is 11.1 Å². The maximum Gasteiger partial charge on any atom is 0.321 e. The smallest absolute Gasteiger partial charge is 0.321 e. The lowest BCUT2D eigenvalue weighted by molar-refractivity contribution is -0.125. The largest absolute Gasteiger partial charge is 0.392 e.